The lowest BCUT2D eigenvalue weighted by Crippen LogP contribution is -2.42. The van der Waals surface area contributed by atoms with E-state index in [9.17, 15) is 4.79 Å². The summed E-state index contributed by atoms with van der Waals surface area (Å²) >= 11 is 6.19. The van der Waals surface area contributed by atoms with Gasteiger partial charge in [-0.3, -0.25) is 9.69 Å². The average molecular weight is 373 g/mol. The molecule has 1 saturated heterocycles. The molecule has 138 valence electrons. The van der Waals surface area contributed by atoms with Crippen molar-refractivity contribution in [3.63, 3.8) is 0 Å². The first-order valence-electron chi connectivity index (χ1n) is 9.02. The van der Waals surface area contributed by atoms with E-state index in [0.717, 1.165) is 25.1 Å². The maximum absolute atomic E-state index is 13.2. The topological polar surface area (TPSA) is 41.6 Å². The second kappa shape index (κ2) is 8.56. The highest BCUT2D eigenvalue weighted by atomic mass is 35.5. The molecule has 1 fully saturated rings. The molecule has 2 atom stereocenters. The number of piperidine rings is 1. The average Bonchev–Trinajstić information content (AvgIpc) is 2.63. The molecule has 2 aromatic carbocycles. The number of anilines is 1. The molecule has 1 amide bonds. The van der Waals surface area contributed by atoms with Crippen molar-refractivity contribution in [3.8, 4) is 5.75 Å². The predicted molar refractivity (Wildman–Crippen MR) is 106 cm³/mol. The quantitative estimate of drug-likeness (QED) is 0.822. The molecule has 1 N–H and O–H groups in total. The van der Waals surface area contributed by atoms with Crippen molar-refractivity contribution in [1.29, 1.82) is 0 Å². The summed E-state index contributed by atoms with van der Waals surface area (Å²) in [7, 11) is 1.57. The lowest BCUT2D eigenvalue weighted by Gasteiger charge is -2.36. The third-order valence-electron chi connectivity index (χ3n) is 4.84. The number of hydrogen-bond acceptors (Lipinski definition) is 3. The van der Waals surface area contributed by atoms with Gasteiger partial charge in [-0.1, -0.05) is 48.9 Å². The number of benzene rings is 2. The lowest BCUT2D eigenvalue weighted by atomic mass is 9.95. The van der Waals surface area contributed by atoms with Crippen LogP contribution in [-0.4, -0.2) is 31.0 Å². The number of amides is 1. The van der Waals surface area contributed by atoms with Gasteiger partial charge >= 0.3 is 0 Å². The van der Waals surface area contributed by atoms with E-state index in [2.05, 4.69) is 17.1 Å². The van der Waals surface area contributed by atoms with Gasteiger partial charge in [-0.15, -0.1) is 0 Å². The Morgan fingerprint density at radius 3 is 2.69 bits per heavy atom. The van der Waals surface area contributed by atoms with Crippen LogP contribution >= 0.6 is 11.6 Å². The minimum atomic E-state index is -0.306. The number of rotatable bonds is 5. The molecule has 0 aromatic heterocycles. The first-order chi connectivity index (χ1) is 12.6. The first kappa shape index (κ1) is 18.7. The monoisotopic (exact) mass is 372 g/mol. The van der Waals surface area contributed by atoms with Crippen LogP contribution in [0.2, 0.25) is 5.02 Å². The van der Waals surface area contributed by atoms with Crippen molar-refractivity contribution in [3.05, 3.63) is 59.1 Å². The van der Waals surface area contributed by atoms with E-state index < -0.39 is 0 Å². The summed E-state index contributed by atoms with van der Waals surface area (Å²) in [6.45, 7) is 4.10. The Kier molecular flexibility index (Phi) is 6.17. The highest BCUT2D eigenvalue weighted by Crippen LogP contribution is 2.30. The molecule has 0 spiro atoms. The van der Waals surface area contributed by atoms with Crippen LogP contribution in [0.4, 0.5) is 5.69 Å². The van der Waals surface area contributed by atoms with E-state index in [1.807, 2.05) is 36.4 Å². The standard InChI is InChI=1S/C21H25ClN2O2/c1-15-7-6-12-24(14-15)20(16-8-4-3-5-9-16)21(25)23-17-10-11-19(26-2)18(22)13-17/h3-5,8-11,13,15,20H,6-7,12,14H2,1-2H3,(H,23,25)/t15-,20+/m0/s1. The van der Waals surface area contributed by atoms with Gasteiger partial charge < -0.3 is 10.1 Å². The number of halogens is 1. The fourth-order valence-corrected chi connectivity index (χ4v) is 3.84. The minimum Gasteiger partial charge on any atom is -0.495 e. The van der Waals surface area contributed by atoms with Gasteiger partial charge in [-0.05, 0) is 49.1 Å². The maximum Gasteiger partial charge on any atom is 0.246 e. The smallest absolute Gasteiger partial charge is 0.246 e. The summed E-state index contributed by atoms with van der Waals surface area (Å²) in [5.74, 6) is 1.15. The SMILES string of the molecule is COc1ccc(NC(=O)[C@@H](c2ccccc2)N2CCC[C@H](C)C2)cc1Cl. The molecular weight excluding hydrogens is 348 g/mol. The van der Waals surface area contributed by atoms with E-state index >= 15 is 0 Å². The Labute approximate surface area is 160 Å². The van der Waals surface area contributed by atoms with Crippen LogP contribution in [0.15, 0.2) is 48.5 Å². The second-order valence-corrected chi connectivity index (χ2v) is 7.30. The predicted octanol–water partition coefficient (Wildman–Crippen LogP) is 4.76. The van der Waals surface area contributed by atoms with E-state index in [1.165, 1.54) is 6.42 Å². The molecule has 2 aromatic rings. The molecule has 0 aliphatic carbocycles. The van der Waals surface area contributed by atoms with Crippen molar-refractivity contribution >= 4 is 23.2 Å². The molecule has 3 rings (SSSR count). The Morgan fingerprint density at radius 2 is 2.04 bits per heavy atom. The normalized spacial score (nSPS) is 19.0. The molecular formula is C21H25ClN2O2. The summed E-state index contributed by atoms with van der Waals surface area (Å²) in [5.41, 5.74) is 1.69. The van der Waals surface area contributed by atoms with E-state index in [1.54, 1.807) is 19.2 Å². The highest BCUT2D eigenvalue weighted by molar-refractivity contribution is 6.32. The van der Waals surface area contributed by atoms with E-state index in [4.69, 9.17) is 16.3 Å². The zero-order valence-electron chi connectivity index (χ0n) is 15.2. The molecule has 1 aliphatic rings. The third-order valence-corrected chi connectivity index (χ3v) is 5.13. The Morgan fingerprint density at radius 1 is 1.27 bits per heavy atom. The van der Waals surface area contributed by atoms with Crippen LogP contribution in [0.5, 0.6) is 5.75 Å². The fourth-order valence-electron chi connectivity index (χ4n) is 3.58. The number of carbonyl (C=O) groups is 1. The molecule has 26 heavy (non-hydrogen) atoms. The lowest BCUT2D eigenvalue weighted by molar-refractivity contribution is -0.122. The van der Waals surface area contributed by atoms with Gasteiger partial charge in [-0.25, -0.2) is 0 Å². The molecule has 4 nitrogen and oxygen atoms in total. The summed E-state index contributed by atoms with van der Waals surface area (Å²) in [6, 6.07) is 15.0. The van der Waals surface area contributed by atoms with Gasteiger partial charge in [0.25, 0.3) is 0 Å². The first-order valence-corrected chi connectivity index (χ1v) is 9.39. The number of likely N-dealkylation sites (tertiary alicyclic amines) is 1. The maximum atomic E-state index is 13.2. The summed E-state index contributed by atoms with van der Waals surface area (Å²) < 4.78 is 5.18. The largest absolute Gasteiger partial charge is 0.495 e. The van der Waals surface area contributed by atoms with Gasteiger partial charge in [-0.2, -0.15) is 0 Å². The minimum absolute atomic E-state index is 0.0356. The molecule has 1 aliphatic heterocycles. The second-order valence-electron chi connectivity index (χ2n) is 6.89. The number of nitrogens with one attached hydrogen (secondary N) is 1. The van der Waals surface area contributed by atoms with Crippen LogP contribution in [0, 0.1) is 5.92 Å². The van der Waals surface area contributed by atoms with Crippen LogP contribution in [0.25, 0.3) is 0 Å². The Balaban J connectivity index is 1.84. The van der Waals surface area contributed by atoms with E-state index in [0.29, 0.717) is 22.4 Å². The molecule has 5 heteroatoms. The zero-order valence-corrected chi connectivity index (χ0v) is 16.0. The van der Waals surface area contributed by atoms with Gasteiger partial charge in [0.1, 0.15) is 11.8 Å². The molecule has 0 unspecified atom stereocenters. The molecule has 0 bridgehead atoms. The van der Waals surface area contributed by atoms with Crippen molar-refractivity contribution < 1.29 is 9.53 Å². The van der Waals surface area contributed by atoms with Gasteiger partial charge in [0.05, 0.1) is 12.1 Å². The number of hydrogen-bond donors (Lipinski definition) is 1. The summed E-state index contributed by atoms with van der Waals surface area (Å²) in [6.07, 6.45) is 2.33. The van der Waals surface area contributed by atoms with Crippen molar-refractivity contribution in [2.75, 3.05) is 25.5 Å². The van der Waals surface area contributed by atoms with Crippen LogP contribution < -0.4 is 10.1 Å². The van der Waals surface area contributed by atoms with Crippen molar-refractivity contribution in [2.45, 2.75) is 25.8 Å². The number of carbonyl (C=O) groups excluding carboxylic acids is 1. The Bertz CT molecular complexity index is 751. The number of ether oxygens (including phenoxy) is 1. The van der Waals surface area contributed by atoms with Crippen LogP contribution in [-0.2, 0) is 4.79 Å². The summed E-state index contributed by atoms with van der Waals surface area (Å²) in [4.78, 5) is 15.4. The third kappa shape index (κ3) is 4.37. The zero-order chi connectivity index (χ0) is 18.5. The summed E-state index contributed by atoms with van der Waals surface area (Å²) in [5, 5.41) is 3.50. The van der Waals surface area contributed by atoms with Crippen LogP contribution in [0.3, 0.4) is 0 Å². The fraction of sp³-hybridized carbons (Fsp3) is 0.381. The highest BCUT2D eigenvalue weighted by Gasteiger charge is 2.30. The van der Waals surface area contributed by atoms with Gasteiger partial charge in [0.2, 0.25) is 5.91 Å². The number of methoxy groups -OCH3 is 1. The van der Waals surface area contributed by atoms with Crippen molar-refractivity contribution in [2.24, 2.45) is 5.92 Å². The van der Waals surface area contributed by atoms with Gasteiger partial charge in [0.15, 0.2) is 0 Å². The van der Waals surface area contributed by atoms with Crippen LogP contribution in [0.1, 0.15) is 31.4 Å². The number of nitrogens with zero attached hydrogens (tertiary/aromatic N) is 1. The van der Waals surface area contributed by atoms with Gasteiger partial charge in [0, 0.05) is 12.2 Å². The molecule has 0 saturated carbocycles. The van der Waals surface area contributed by atoms with E-state index in [-0.39, 0.29) is 11.9 Å². The molecule has 1 heterocycles. The van der Waals surface area contributed by atoms with Crippen molar-refractivity contribution in [1.82, 2.24) is 4.90 Å². The molecule has 0 radical (unpaired) electrons. The Hall–Kier alpha value is -2.04.